The molecule has 0 radical (unpaired) electrons. The van der Waals surface area contributed by atoms with Gasteiger partial charge in [-0.3, -0.25) is 19.7 Å². The van der Waals surface area contributed by atoms with Crippen molar-refractivity contribution in [2.24, 2.45) is 0 Å². The number of nitrogens with zero attached hydrogens (tertiary/aromatic N) is 1. The number of ketones is 1. The summed E-state index contributed by atoms with van der Waals surface area (Å²) in [6.07, 6.45) is 0. The number of anilines is 1. The van der Waals surface area contributed by atoms with Crippen molar-refractivity contribution < 1.29 is 14.5 Å². The van der Waals surface area contributed by atoms with Crippen molar-refractivity contribution in [3.05, 3.63) is 105 Å². The molecule has 3 rings (SSSR count). The van der Waals surface area contributed by atoms with Crippen LogP contribution in [0.25, 0.3) is 0 Å². The Morgan fingerprint density at radius 3 is 2.13 bits per heavy atom. The van der Waals surface area contributed by atoms with Crippen LogP contribution in [0.1, 0.15) is 58.2 Å². The van der Waals surface area contributed by atoms with E-state index in [2.05, 4.69) is 26.1 Å². The fourth-order valence-corrected chi connectivity index (χ4v) is 3.18. The molecule has 0 aliphatic carbocycles. The molecule has 0 aliphatic rings. The highest BCUT2D eigenvalue weighted by Gasteiger charge is 2.17. The lowest BCUT2D eigenvalue weighted by Crippen LogP contribution is -2.13. The largest absolute Gasteiger partial charge is 0.322 e. The predicted molar refractivity (Wildman–Crippen MR) is 121 cm³/mol. The number of nitro groups is 1. The van der Waals surface area contributed by atoms with Gasteiger partial charge in [-0.05, 0) is 36.1 Å². The van der Waals surface area contributed by atoms with Crippen LogP contribution in [-0.2, 0) is 5.41 Å². The molecule has 0 saturated heterocycles. The maximum absolute atomic E-state index is 12.9. The number of benzene rings is 3. The monoisotopic (exact) mass is 416 g/mol. The van der Waals surface area contributed by atoms with E-state index >= 15 is 0 Å². The van der Waals surface area contributed by atoms with E-state index in [1.807, 2.05) is 12.1 Å². The maximum atomic E-state index is 12.9. The third kappa shape index (κ3) is 5.04. The van der Waals surface area contributed by atoms with E-state index in [9.17, 15) is 19.7 Å². The fourth-order valence-electron chi connectivity index (χ4n) is 3.18. The first-order valence-electron chi connectivity index (χ1n) is 9.88. The van der Waals surface area contributed by atoms with Crippen LogP contribution < -0.4 is 5.32 Å². The van der Waals surface area contributed by atoms with E-state index in [-0.39, 0.29) is 22.4 Å². The van der Waals surface area contributed by atoms with Crippen LogP contribution in [0.2, 0.25) is 0 Å². The summed E-state index contributed by atoms with van der Waals surface area (Å²) in [6, 6.07) is 18.5. The molecule has 6 nitrogen and oxygen atoms in total. The number of amides is 1. The van der Waals surface area contributed by atoms with Gasteiger partial charge in [0.2, 0.25) is 0 Å². The summed E-state index contributed by atoms with van der Waals surface area (Å²) >= 11 is 0. The van der Waals surface area contributed by atoms with Crippen molar-refractivity contribution in [1.29, 1.82) is 0 Å². The number of aryl methyl sites for hydroxylation is 1. The van der Waals surface area contributed by atoms with E-state index in [1.54, 1.807) is 43.3 Å². The van der Waals surface area contributed by atoms with Crippen molar-refractivity contribution in [3.8, 4) is 0 Å². The van der Waals surface area contributed by atoms with Gasteiger partial charge in [0, 0.05) is 34.0 Å². The average Bonchev–Trinajstić information content (AvgIpc) is 2.73. The van der Waals surface area contributed by atoms with Gasteiger partial charge in [0.05, 0.1) is 4.92 Å². The number of hydrogen-bond acceptors (Lipinski definition) is 4. The number of nitrogens with one attached hydrogen (secondary N) is 1. The Labute approximate surface area is 181 Å². The Morgan fingerprint density at radius 2 is 1.52 bits per heavy atom. The molecular weight excluding hydrogens is 392 g/mol. The van der Waals surface area contributed by atoms with Gasteiger partial charge in [-0.15, -0.1) is 0 Å². The Kier molecular flexibility index (Phi) is 6.02. The van der Waals surface area contributed by atoms with Gasteiger partial charge < -0.3 is 5.32 Å². The van der Waals surface area contributed by atoms with Gasteiger partial charge in [-0.1, -0.05) is 63.2 Å². The van der Waals surface area contributed by atoms with E-state index in [0.717, 1.165) is 5.56 Å². The molecule has 0 atom stereocenters. The molecule has 3 aromatic rings. The van der Waals surface area contributed by atoms with Crippen LogP contribution in [-0.4, -0.2) is 16.6 Å². The van der Waals surface area contributed by atoms with Crippen molar-refractivity contribution >= 4 is 23.1 Å². The van der Waals surface area contributed by atoms with E-state index in [4.69, 9.17) is 0 Å². The quantitative estimate of drug-likeness (QED) is 0.329. The van der Waals surface area contributed by atoms with Gasteiger partial charge in [-0.25, -0.2) is 0 Å². The van der Waals surface area contributed by atoms with Gasteiger partial charge in [0.15, 0.2) is 5.78 Å². The highest BCUT2D eigenvalue weighted by molar-refractivity contribution is 6.10. The highest BCUT2D eigenvalue weighted by atomic mass is 16.6. The predicted octanol–water partition coefficient (Wildman–Crippen LogP) is 5.68. The normalized spacial score (nSPS) is 11.1. The van der Waals surface area contributed by atoms with Gasteiger partial charge in [-0.2, -0.15) is 0 Å². The molecule has 31 heavy (non-hydrogen) atoms. The second kappa shape index (κ2) is 8.52. The van der Waals surface area contributed by atoms with Crippen LogP contribution in [0.15, 0.2) is 66.7 Å². The van der Waals surface area contributed by atoms with Crippen molar-refractivity contribution in [2.45, 2.75) is 33.1 Å². The first-order chi connectivity index (χ1) is 14.6. The molecule has 0 aromatic heterocycles. The third-order valence-electron chi connectivity index (χ3n) is 5.06. The molecule has 0 bridgehead atoms. The van der Waals surface area contributed by atoms with Crippen molar-refractivity contribution in [3.63, 3.8) is 0 Å². The lowest BCUT2D eigenvalue weighted by molar-refractivity contribution is -0.385. The second-order valence-corrected chi connectivity index (χ2v) is 8.45. The van der Waals surface area contributed by atoms with Gasteiger partial charge in [0.25, 0.3) is 11.6 Å². The third-order valence-corrected chi connectivity index (χ3v) is 5.06. The molecule has 0 aliphatic heterocycles. The molecule has 0 saturated carbocycles. The standard InChI is InChI=1S/C25H24N2O4/c1-16-8-9-19(15-22(16)27(30)31)24(29)26-21-7-5-6-18(14-21)23(28)17-10-12-20(13-11-17)25(2,3)4/h5-15H,1-4H3,(H,26,29). The van der Waals surface area contributed by atoms with Crippen LogP contribution in [0.3, 0.4) is 0 Å². The summed E-state index contributed by atoms with van der Waals surface area (Å²) in [6.45, 7) is 7.94. The minimum Gasteiger partial charge on any atom is -0.322 e. The number of carbonyl (C=O) groups excluding carboxylic acids is 2. The van der Waals surface area contributed by atoms with E-state index in [1.165, 1.54) is 18.2 Å². The summed E-state index contributed by atoms with van der Waals surface area (Å²) in [7, 11) is 0. The average molecular weight is 416 g/mol. The van der Waals surface area contributed by atoms with Gasteiger partial charge in [0.1, 0.15) is 0 Å². The molecule has 3 aromatic carbocycles. The lowest BCUT2D eigenvalue weighted by Gasteiger charge is -2.19. The summed E-state index contributed by atoms with van der Waals surface area (Å²) in [5, 5.41) is 13.8. The number of hydrogen-bond donors (Lipinski definition) is 1. The Hall–Kier alpha value is -3.80. The van der Waals surface area contributed by atoms with Crippen molar-refractivity contribution in [1.82, 2.24) is 0 Å². The van der Waals surface area contributed by atoms with E-state index in [0.29, 0.717) is 22.4 Å². The molecule has 0 heterocycles. The van der Waals surface area contributed by atoms with Gasteiger partial charge >= 0.3 is 0 Å². The molecular formula is C25H24N2O4. The maximum Gasteiger partial charge on any atom is 0.273 e. The molecule has 1 amide bonds. The summed E-state index contributed by atoms with van der Waals surface area (Å²) in [5.41, 5.74) is 3.11. The van der Waals surface area contributed by atoms with Crippen LogP contribution in [0.5, 0.6) is 0 Å². The molecule has 0 unspecified atom stereocenters. The Bertz CT molecular complexity index is 1160. The van der Waals surface area contributed by atoms with Crippen molar-refractivity contribution in [2.75, 3.05) is 5.32 Å². The molecule has 0 fully saturated rings. The first-order valence-corrected chi connectivity index (χ1v) is 9.88. The summed E-state index contributed by atoms with van der Waals surface area (Å²) in [4.78, 5) is 36.1. The minimum absolute atomic E-state index is 0.00315. The van der Waals surface area contributed by atoms with Crippen LogP contribution >= 0.6 is 0 Å². The Morgan fingerprint density at radius 1 is 0.871 bits per heavy atom. The first kappa shape index (κ1) is 21.9. The highest BCUT2D eigenvalue weighted by Crippen LogP contribution is 2.24. The van der Waals surface area contributed by atoms with Crippen LogP contribution in [0, 0.1) is 17.0 Å². The second-order valence-electron chi connectivity index (χ2n) is 8.45. The number of carbonyl (C=O) groups is 2. The fraction of sp³-hybridized carbons (Fsp3) is 0.200. The number of rotatable bonds is 5. The molecule has 6 heteroatoms. The number of nitro benzene ring substituents is 1. The molecule has 158 valence electrons. The smallest absolute Gasteiger partial charge is 0.273 e. The lowest BCUT2D eigenvalue weighted by atomic mass is 9.86. The topological polar surface area (TPSA) is 89.3 Å². The zero-order valence-corrected chi connectivity index (χ0v) is 17.9. The molecule has 1 N–H and O–H groups in total. The summed E-state index contributed by atoms with van der Waals surface area (Å²) in [5.74, 6) is -0.634. The van der Waals surface area contributed by atoms with Crippen LogP contribution in [0.4, 0.5) is 11.4 Å². The Balaban J connectivity index is 1.80. The minimum atomic E-state index is -0.518. The zero-order chi connectivity index (χ0) is 22.8. The zero-order valence-electron chi connectivity index (χ0n) is 17.9. The SMILES string of the molecule is Cc1ccc(C(=O)Nc2cccc(C(=O)c3ccc(C(C)(C)C)cc3)c2)cc1[N+](=O)[O-]. The summed E-state index contributed by atoms with van der Waals surface area (Å²) < 4.78 is 0. The van der Waals surface area contributed by atoms with E-state index < -0.39 is 10.8 Å². The molecule has 0 spiro atoms.